The Morgan fingerprint density at radius 3 is 2.65 bits per heavy atom. The van der Waals surface area contributed by atoms with Gasteiger partial charge in [-0.3, -0.25) is 9.59 Å². The van der Waals surface area contributed by atoms with Crippen molar-refractivity contribution >= 4 is 29.1 Å². The number of carbonyl (C=O) groups excluding carboxylic acids is 2. The maximum atomic E-state index is 11.9. The largest absolute Gasteiger partial charge is 0.355 e. The third-order valence-corrected chi connectivity index (χ3v) is 3.47. The number of anilines is 1. The number of hydrogen-bond donors (Lipinski definition) is 1. The van der Waals surface area contributed by atoms with Crippen LogP contribution >= 0.6 is 11.6 Å². The number of rotatable bonds is 6. The highest BCUT2D eigenvalue weighted by Crippen LogP contribution is 2.26. The van der Waals surface area contributed by atoms with Crippen LogP contribution in [0.15, 0.2) is 18.2 Å². The molecule has 0 atom stereocenters. The Bertz CT molecular complexity index is 489. The van der Waals surface area contributed by atoms with E-state index in [1.54, 1.807) is 18.2 Å². The lowest BCUT2D eigenvalue weighted by molar-refractivity contribution is -0.123. The van der Waals surface area contributed by atoms with Gasteiger partial charge >= 0.3 is 0 Å². The molecule has 0 saturated carbocycles. The lowest BCUT2D eigenvalue weighted by Crippen LogP contribution is -2.40. The Morgan fingerprint density at radius 2 is 2.05 bits per heavy atom. The molecule has 0 aromatic heterocycles. The van der Waals surface area contributed by atoms with Crippen molar-refractivity contribution in [3.63, 3.8) is 0 Å². The van der Waals surface area contributed by atoms with Crippen LogP contribution in [0.25, 0.3) is 0 Å². The standard InChI is InChI=1S/C15H21ClN2O2/c1-4-5-9-17-15(20)10-18(12(3)19)14-8-6-7-13(16)11(14)2/h6-8H,4-5,9-10H2,1-3H3,(H,17,20). The second-order valence-electron chi connectivity index (χ2n) is 4.69. The van der Waals surface area contributed by atoms with Crippen molar-refractivity contribution < 1.29 is 9.59 Å². The molecule has 0 bridgehead atoms. The Morgan fingerprint density at radius 1 is 1.35 bits per heavy atom. The van der Waals surface area contributed by atoms with E-state index in [9.17, 15) is 9.59 Å². The number of amides is 2. The smallest absolute Gasteiger partial charge is 0.240 e. The van der Waals surface area contributed by atoms with Crippen molar-refractivity contribution in [2.45, 2.75) is 33.6 Å². The van der Waals surface area contributed by atoms with Crippen LogP contribution in [0.2, 0.25) is 5.02 Å². The molecule has 0 unspecified atom stereocenters. The quantitative estimate of drug-likeness (QED) is 0.821. The van der Waals surface area contributed by atoms with E-state index in [4.69, 9.17) is 11.6 Å². The molecule has 0 aliphatic rings. The molecule has 110 valence electrons. The van der Waals surface area contributed by atoms with E-state index in [0.717, 1.165) is 18.4 Å². The molecule has 2 amide bonds. The normalized spacial score (nSPS) is 10.2. The summed E-state index contributed by atoms with van der Waals surface area (Å²) in [5.41, 5.74) is 1.47. The summed E-state index contributed by atoms with van der Waals surface area (Å²) < 4.78 is 0. The van der Waals surface area contributed by atoms with Gasteiger partial charge in [0.15, 0.2) is 0 Å². The molecule has 1 N–H and O–H groups in total. The Kier molecular flexibility index (Phi) is 6.52. The first-order valence-electron chi connectivity index (χ1n) is 6.77. The van der Waals surface area contributed by atoms with Crippen molar-refractivity contribution in [1.82, 2.24) is 5.32 Å². The highest BCUT2D eigenvalue weighted by molar-refractivity contribution is 6.31. The maximum Gasteiger partial charge on any atom is 0.240 e. The van der Waals surface area contributed by atoms with Crippen LogP contribution in [0.4, 0.5) is 5.69 Å². The van der Waals surface area contributed by atoms with Crippen molar-refractivity contribution in [3.05, 3.63) is 28.8 Å². The minimum Gasteiger partial charge on any atom is -0.355 e. The van der Waals surface area contributed by atoms with Crippen LogP contribution in [0, 0.1) is 6.92 Å². The second-order valence-corrected chi connectivity index (χ2v) is 5.10. The van der Waals surface area contributed by atoms with E-state index in [0.29, 0.717) is 17.3 Å². The predicted molar refractivity (Wildman–Crippen MR) is 82.1 cm³/mol. The van der Waals surface area contributed by atoms with Crippen LogP contribution in [-0.2, 0) is 9.59 Å². The predicted octanol–water partition coefficient (Wildman–Crippen LogP) is 2.92. The SMILES string of the molecule is CCCCNC(=O)CN(C(C)=O)c1cccc(Cl)c1C. The first-order valence-corrected chi connectivity index (χ1v) is 7.15. The van der Waals surface area contributed by atoms with E-state index in [2.05, 4.69) is 12.2 Å². The highest BCUT2D eigenvalue weighted by Gasteiger charge is 2.18. The number of benzene rings is 1. The van der Waals surface area contributed by atoms with Gasteiger partial charge in [-0.1, -0.05) is 31.0 Å². The zero-order valence-electron chi connectivity index (χ0n) is 12.2. The van der Waals surface area contributed by atoms with Crippen LogP contribution < -0.4 is 10.2 Å². The number of nitrogens with one attached hydrogen (secondary N) is 1. The van der Waals surface area contributed by atoms with E-state index in [1.807, 2.05) is 6.92 Å². The van der Waals surface area contributed by atoms with Gasteiger partial charge in [-0.15, -0.1) is 0 Å². The first-order chi connectivity index (χ1) is 9.47. The fourth-order valence-electron chi connectivity index (χ4n) is 1.86. The molecular formula is C15H21ClN2O2. The molecule has 5 heteroatoms. The third-order valence-electron chi connectivity index (χ3n) is 3.06. The number of unbranched alkanes of at least 4 members (excludes halogenated alkanes) is 1. The fraction of sp³-hybridized carbons (Fsp3) is 0.467. The summed E-state index contributed by atoms with van der Waals surface area (Å²) in [7, 11) is 0. The molecule has 20 heavy (non-hydrogen) atoms. The Balaban J connectivity index is 2.82. The Hall–Kier alpha value is -1.55. The first kappa shape index (κ1) is 16.5. The third kappa shape index (κ3) is 4.53. The van der Waals surface area contributed by atoms with Crippen molar-refractivity contribution in [2.24, 2.45) is 0 Å². The van der Waals surface area contributed by atoms with Crippen LogP contribution in [0.3, 0.4) is 0 Å². The van der Waals surface area contributed by atoms with Gasteiger partial charge in [-0.25, -0.2) is 0 Å². The fourth-order valence-corrected chi connectivity index (χ4v) is 2.03. The summed E-state index contributed by atoms with van der Waals surface area (Å²) in [5, 5.41) is 3.39. The minimum atomic E-state index is -0.180. The molecule has 1 aromatic carbocycles. The van der Waals surface area contributed by atoms with Gasteiger partial charge in [0.1, 0.15) is 6.54 Å². The topological polar surface area (TPSA) is 49.4 Å². The van der Waals surface area contributed by atoms with Gasteiger partial charge in [0, 0.05) is 24.2 Å². The van der Waals surface area contributed by atoms with Gasteiger partial charge < -0.3 is 10.2 Å². The average Bonchev–Trinajstić information content (AvgIpc) is 2.40. The molecule has 0 fully saturated rings. The average molecular weight is 297 g/mol. The maximum absolute atomic E-state index is 11.9. The van der Waals surface area contributed by atoms with Gasteiger partial charge in [0.25, 0.3) is 0 Å². The van der Waals surface area contributed by atoms with E-state index in [1.165, 1.54) is 11.8 Å². The van der Waals surface area contributed by atoms with Crippen molar-refractivity contribution in [2.75, 3.05) is 18.0 Å². The minimum absolute atomic E-state index is 0.0141. The Labute approximate surface area is 125 Å². The monoisotopic (exact) mass is 296 g/mol. The number of nitrogens with zero attached hydrogens (tertiary/aromatic N) is 1. The summed E-state index contributed by atoms with van der Waals surface area (Å²) in [5.74, 6) is -0.339. The second kappa shape index (κ2) is 7.90. The van der Waals surface area contributed by atoms with Gasteiger partial charge in [0.2, 0.25) is 11.8 Å². The van der Waals surface area contributed by atoms with Gasteiger partial charge in [-0.2, -0.15) is 0 Å². The summed E-state index contributed by atoms with van der Waals surface area (Å²) >= 11 is 6.06. The molecule has 0 aliphatic carbocycles. The van der Waals surface area contributed by atoms with Crippen LogP contribution in [0.5, 0.6) is 0 Å². The zero-order chi connectivity index (χ0) is 15.1. The summed E-state index contributed by atoms with van der Waals surface area (Å²) in [6.45, 7) is 5.99. The molecule has 0 spiro atoms. The van der Waals surface area contributed by atoms with Crippen molar-refractivity contribution in [1.29, 1.82) is 0 Å². The molecular weight excluding hydrogens is 276 g/mol. The lowest BCUT2D eigenvalue weighted by Gasteiger charge is -2.23. The molecule has 0 saturated heterocycles. The molecule has 1 rings (SSSR count). The molecule has 4 nitrogen and oxygen atoms in total. The van der Waals surface area contributed by atoms with Crippen LogP contribution in [0.1, 0.15) is 32.3 Å². The molecule has 0 radical (unpaired) electrons. The number of carbonyl (C=O) groups is 2. The van der Waals surface area contributed by atoms with Gasteiger partial charge in [0.05, 0.1) is 0 Å². The molecule has 0 aliphatic heterocycles. The number of halogens is 1. The zero-order valence-corrected chi connectivity index (χ0v) is 13.0. The van der Waals surface area contributed by atoms with Crippen molar-refractivity contribution in [3.8, 4) is 0 Å². The highest BCUT2D eigenvalue weighted by atomic mass is 35.5. The summed E-state index contributed by atoms with van der Waals surface area (Å²) in [4.78, 5) is 25.1. The van der Waals surface area contributed by atoms with E-state index >= 15 is 0 Å². The molecule has 0 heterocycles. The lowest BCUT2D eigenvalue weighted by atomic mass is 10.1. The van der Waals surface area contributed by atoms with Crippen LogP contribution in [-0.4, -0.2) is 24.9 Å². The van der Waals surface area contributed by atoms with E-state index < -0.39 is 0 Å². The number of hydrogen-bond acceptors (Lipinski definition) is 2. The summed E-state index contributed by atoms with van der Waals surface area (Å²) in [6.07, 6.45) is 1.95. The summed E-state index contributed by atoms with van der Waals surface area (Å²) in [6, 6.07) is 5.33. The molecule has 1 aromatic rings. The van der Waals surface area contributed by atoms with Gasteiger partial charge in [-0.05, 0) is 31.0 Å². The van der Waals surface area contributed by atoms with E-state index in [-0.39, 0.29) is 18.4 Å².